The number of fused-ring (bicyclic) bond motifs is 1. The van der Waals surface area contributed by atoms with Gasteiger partial charge in [0.15, 0.2) is 0 Å². The fourth-order valence-corrected chi connectivity index (χ4v) is 3.62. The molecule has 0 atom stereocenters. The molecule has 1 saturated carbocycles. The maximum atomic E-state index is 12.0. The average molecular weight is 258 g/mol. The molecule has 3 heteroatoms. The van der Waals surface area contributed by atoms with Gasteiger partial charge < -0.3 is 10.6 Å². The Morgan fingerprint density at radius 3 is 2.58 bits per heavy atom. The summed E-state index contributed by atoms with van der Waals surface area (Å²) in [7, 11) is 1.87. The van der Waals surface area contributed by atoms with Crippen LogP contribution < -0.4 is 10.6 Å². The van der Waals surface area contributed by atoms with Crippen LogP contribution in [0.1, 0.15) is 48.8 Å². The van der Waals surface area contributed by atoms with Gasteiger partial charge in [0.2, 0.25) is 5.91 Å². The molecule has 102 valence electrons. The molecule has 0 unspecified atom stereocenters. The van der Waals surface area contributed by atoms with Gasteiger partial charge in [0.05, 0.1) is 12.1 Å². The Hall–Kier alpha value is -1.35. The van der Waals surface area contributed by atoms with Crippen molar-refractivity contribution in [3.63, 3.8) is 0 Å². The number of aryl methyl sites for hydroxylation is 1. The summed E-state index contributed by atoms with van der Waals surface area (Å²) in [6.07, 6.45) is 6.25. The third-order valence-electron chi connectivity index (χ3n) is 4.67. The molecule has 1 aliphatic heterocycles. The van der Waals surface area contributed by atoms with Gasteiger partial charge in [-0.15, -0.1) is 0 Å². The summed E-state index contributed by atoms with van der Waals surface area (Å²) in [6.45, 7) is 2.10. The number of hydrogen-bond donors (Lipinski definition) is 1. The Morgan fingerprint density at radius 2 is 1.89 bits per heavy atom. The van der Waals surface area contributed by atoms with E-state index in [2.05, 4.69) is 19.1 Å². The summed E-state index contributed by atoms with van der Waals surface area (Å²) in [6, 6.07) is 4.33. The van der Waals surface area contributed by atoms with E-state index in [1.54, 1.807) is 4.90 Å². The zero-order valence-corrected chi connectivity index (χ0v) is 11.8. The van der Waals surface area contributed by atoms with Crippen molar-refractivity contribution in [1.29, 1.82) is 0 Å². The Balaban J connectivity index is 2.14. The first-order valence-corrected chi connectivity index (χ1v) is 7.21. The molecule has 1 aliphatic carbocycles. The smallest absolute Gasteiger partial charge is 0.231 e. The standard InChI is InChI=1S/C16H22N2O/c1-11-8-12-10-14(19)18(2)15(12)13(9-11)16(17)6-4-3-5-7-16/h8-9H,3-7,10,17H2,1-2H3. The van der Waals surface area contributed by atoms with Crippen LogP contribution in [-0.4, -0.2) is 13.0 Å². The molecule has 0 bridgehead atoms. The summed E-state index contributed by atoms with van der Waals surface area (Å²) in [5.41, 5.74) is 11.1. The highest BCUT2D eigenvalue weighted by molar-refractivity contribution is 6.02. The van der Waals surface area contributed by atoms with Crippen LogP contribution in [0.5, 0.6) is 0 Å². The van der Waals surface area contributed by atoms with Crippen molar-refractivity contribution in [3.05, 3.63) is 28.8 Å². The predicted molar refractivity (Wildman–Crippen MR) is 77.2 cm³/mol. The van der Waals surface area contributed by atoms with E-state index < -0.39 is 0 Å². The van der Waals surface area contributed by atoms with E-state index in [1.165, 1.54) is 30.4 Å². The van der Waals surface area contributed by atoms with Gasteiger partial charge in [-0.05, 0) is 30.9 Å². The molecule has 0 radical (unpaired) electrons. The van der Waals surface area contributed by atoms with E-state index in [0.717, 1.165) is 24.1 Å². The van der Waals surface area contributed by atoms with Gasteiger partial charge in [-0.2, -0.15) is 0 Å². The van der Waals surface area contributed by atoms with Gasteiger partial charge in [-0.25, -0.2) is 0 Å². The van der Waals surface area contributed by atoms with Gasteiger partial charge >= 0.3 is 0 Å². The quantitative estimate of drug-likeness (QED) is 0.841. The number of rotatable bonds is 1. The minimum absolute atomic E-state index is 0.182. The van der Waals surface area contributed by atoms with Crippen molar-refractivity contribution in [1.82, 2.24) is 0 Å². The summed E-state index contributed by atoms with van der Waals surface area (Å²) in [4.78, 5) is 13.8. The summed E-state index contributed by atoms with van der Waals surface area (Å²) in [5, 5.41) is 0. The lowest BCUT2D eigenvalue weighted by Gasteiger charge is -2.36. The van der Waals surface area contributed by atoms with Crippen molar-refractivity contribution >= 4 is 11.6 Å². The Labute approximate surface area is 114 Å². The summed E-state index contributed by atoms with van der Waals surface area (Å²) >= 11 is 0. The zero-order chi connectivity index (χ0) is 13.6. The van der Waals surface area contributed by atoms with Crippen LogP contribution in [0.2, 0.25) is 0 Å². The van der Waals surface area contributed by atoms with Gasteiger partial charge in [-0.1, -0.05) is 37.0 Å². The number of amides is 1. The van der Waals surface area contributed by atoms with Crippen LogP contribution in [-0.2, 0) is 16.8 Å². The zero-order valence-electron chi connectivity index (χ0n) is 11.8. The molecule has 3 nitrogen and oxygen atoms in total. The molecule has 19 heavy (non-hydrogen) atoms. The third-order valence-corrected chi connectivity index (χ3v) is 4.67. The first-order chi connectivity index (χ1) is 9.01. The van der Waals surface area contributed by atoms with E-state index in [4.69, 9.17) is 5.73 Å². The number of nitrogens with two attached hydrogens (primary N) is 1. The lowest BCUT2D eigenvalue weighted by Crippen LogP contribution is -2.40. The second-order valence-electron chi connectivity index (χ2n) is 6.17. The maximum absolute atomic E-state index is 12.0. The molecular formula is C16H22N2O. The number of likely N-dealkylation sites (N-methyl/N-ethyl adjacent to an activating group) is 1. The Bertz CT molecular complexity index is 530. The molecule has 1 aromatic rings. The largest absolute Gasteiger partial charge is 0.321 e. The molecule has 1 aromatic carbocycles. The highest BCUT2D eigenvalue weighted by atomic mass is 16.2. The van der Waals surface area contributed by atoms with E-state index in [9.17, 15) is 4.79 Å². The van der Waals surface area contributed by atoms with E-state index in [1.807, 2.05) is 7.05 Å². The minimum atomic E-state index is -0.243. The third kappa shape index (κ3) is 1.96. The van der Waals surface area contributed by atoms with Crippen molar-refractivity contribution < 1.29 is 4.79 Å². The van der Waals surface area contributed by atoms with Crippen LogP contribution in [0, 0.1) is 6.92 Å². The van der Waals surface area contributed by atoms with Crippen molar-refractivity contribution in [3.8, 4) is 0 Å². The Morgan fingerprint density at radius 1 is 1.21 bits per heavy atom. The van der Waals surface area contributed by atoms with Crippen LogP contribution in [0.25, 0.3) is 0 Å². The molecule has 0 saturated heterocycles. The van der Waals surface area contributed by atoms with E-state index in [-0.39, 0.29) is 11.4 Å². The number of benzene rings is 1. The molecule has 3 rings (SSSR count). The first-order valence-electron chi connectivity index (χ1n) is 7.21. The van der Waals surface area contributed by atoms with Crippen LogP contribution in [0.3, 0.4) is 0 Å². The molecule has 0 aromatic heterocycles. The van der Waals surface area contributed by atoms with Gasteiger partial charge in [0.1, 0.15) is 0 Å². The molecule has 1 heterocycles. The highest BCUT2D eigenvalue weighted by Gasteiger charge is 2.36. The fraction of sp³-hybridized carbons (Fsp3) is 0.562. The second kappa shape index (κ2) is 4.34. The van der Waals surface area contributed by atoms with Gasteiger partial charge in [0.25, 0.3) is 0 Å². The lowest BCUT2D eigenvalue weighted by atomic mass is 9.76. The number of anilines is 1. The fourth-order valence-electron chi connectivity index (χ4n) is 3.62. The topological polar surface area (TPSA) is 46.3 Å². The predicted octanol–water partition coefficient (Wildman–Crippen LogP) is 2.63. The lowest BCUT2D eigenvalue weighted by molar-refractivity contribution is -0.117. The maximum Gasteiger partial charge on any atom is 0.231 e. The van der Waals surface area contributed by atoms with Gasteiger partial charge in [-0.3, -0.25) is 4.79 Å². The SMILES string of the molecule is Cc1cc2c(c(C3(N)CCCCC3)c1)N(C)C(=O)C2. The average Bonchev–Trinajstić information content (AvgIpc) is 2.65. The van der Waals surface area contributed by atoms with Crippen LogP contribution in [0.15, 0.2) is 12.1 Å². The number of carbonyl (C=O) groups excluding carboxylic acids is 1. The summed E-state index contributed by atoms with van der Waals surface area (Å²) < 4.78 is 0. The number of nitrogens with zero attached hydrogens (tertiary/aromatic N) is 1. The normalized spacial score (nSPS) is 21.6. The first kappa shape index (κ1) is 12.7. The van der Waals surface area contributed by atoms with E-state index in [0.29, 0.717) is 6.42 Å². The molecule has 1 amide bonds. The minimum Gasteiger partial charge on any atom is -0.321 e. The Kier molecular flexibility index (Phi) is 2.90. The van der Waals surface area contributed by atoms with Crippen LogP contribution in [0.4, 0.5) is 5.69 Å². The van der Waals surface area contributed by atoms with Gasteiger partial charge in [0, 0.05) is 12.6 Å². The monoisotopic (exact) mass is 258 g/mol. The number of carbonyl (C=O) groups is 1. The molecule has 0 spiro atoms. The molecule has 2 aliphatic rings. The summed E-state index contributed by atoms with van der Waals surface area (Å²) in [5.74, 6) is 0.182. The second-order valence-corrected chi connectivity index (χ2v) is 6.17. The molecular weight excluding hydrogens is 236 g/mol. The molecule has 2 N–H and O–H groups in total. The molecule has 1 fully saturated rings. The van der Waals surface area contributed by atoms with Crippen molar-refractivity contribution in [2.24, 2.45) is 5.73 Å². The van der Waals surface area contributed by atoms with Crippen LogP contribution >= 0.6 is 0 Å². The highest BCUT2D eigenvalue weighted by Crippen LogP contribution is 2.43. The van der Waals surface area contributed by atoms with Crippen molar-refractivity contribution in [2.45, 2.75) is 51.0 Å². The van der Waals surface area contributed by atoms with Crippen molar-refractivity contribution in [2.75, 3.05) is 11.9 Å². The number of hydrogen-bond acceptors (Lipinski definition) is 2. The van der Waals surface area contributed by atoms with E-state index >= 15 is 0 Å².